The molecule has 1 aromatic carbocycles. The van der Waals surface area contributed by atoms with Crippen LogP contribution in [-0.4, -0.2) is 52.8 Å². The minimum atomic E-state index is -0.643. The molecule has 0 unspecified atom stereocenters. The number of rotatable bonds is 2. The molecule has 0 bridgehead atoms. The highest BCUT2D eigenvalue weighted by molar-refractivity contribution is 6.14. The van der Waals surface area contributed by atoms with Crippen molar-refractivity contribution in [1.82, 2.24) is 14.7 Å². The van der Waals surface area contributed by atoms with Crippen molar-refractivity contribution in [3.63, 3.8) is 0 Å². The molecular weight excluding hydrogens is 368 g/mol. The van der Waals surface area contributed by atoms with E-state index < -0.39 is 11.7 Å². The van der Waals surface area contributed by atoms with E-state index in [1.54, 1.807) is 17.1 Å². The molecule has 7 heteroatoms. The van der Waals surface area contributed by atoms with Gasteiger partial charge in [-0.1, -0.05) is 17.7 Å². The largest absolute Gasteiger partial charge is 0.443 e. The number of benzene rings is 1. The van der Waals surface area contributed by atoms with E-state index in [9.17, 15) is 9.59 Å². The van der Waals surface area contributed by atoms with Crippen LogP contribution in [0.4, 0.5) is 10.6 Å². The van der Waals surface area contributed by atoms with Crippen LogP contribution in [0.2, 0.25) is 0 Å². The number of hydrogen-bond donors (Lipinski definition) is 0. The minimum absolute atomic E-state index is 0.127. The average Bonchev–Trinajstić information content (AvgIpc) is 2.99. The second kappa shape index (κ2) is 7.73. The number of aryl methyl sites for hydroxylation is 1. The summed E-state index contributed by atoms with van der Waals surface area (Å²) in [4.78, 5) is 29.4. The van der Waals surface area contributed by atoms with E-state index in [2.05, 4.69) is 5.10 Å². The Bertz CT molecular complexity index is 949. The van der Waals surface area contributed by atoms with E-state index >= 15 is 0 Å². The van der Waals surface area contributed by atoms with Gasteiger partial charge < -0.3 is 9.64 Å². The molecule has 2 aromatic rings. The maximum absolute atomic E-state index is 13.2. The number of hydrogen-bond acceptors (Lipinski definition) is 5. The fourth-order valence-electron chi connectivity index (χ4n) is 3.11. The zero-order chi connectivity index (χ0) is 21.3. The monoisotopic (exact) mass is 396 g/mol. The molecule has 2 heterocycles. The van der Waals surface area contributed by atoms with Crippen molar-refractivity contribution in [3.8, 4) is 5.69 Å². The Morgan fingerprint density at radius 2 is 1.86 bits per heavy atom. The van der Waals surface area contributed by atoms with Crippen LogP contribution in [0, 0.1) is 6.92 Å². The molecule has 0 aliphatic carbocycles. The number of fused-ring (bicyclic) bond motifs is 1. The first kappa shape index (κ1) is 20.6. The van der Waals surface area contributed by atoms with E-state index in [0.717, 1.165) is 11.3 Å². The van der Waals surface area contributed by atoms with Gasteiger partial charge in [0.05, 0.1) is 11.3 Å². The number of amides is 1. The van der Waals surface area contributed by atoms with Crippen molar-refractivity contribution < 1.29 is 14.3 Å². The summed E-state index contributed by atoms with van der Waals surface area (Å²) >= 11 is 0. The lowest BCUT2D eigenvalue weighted by molar-refractivity contribution is 0.0579. The maximum atomic E-state index is 13.2. The number of nitrogens with zero attached hydrogens (tertiary/aromatic N) is 4. The third-order valence-electron chi connectivity index (χ3n) is 4.42. The molecule has 3 rings (SSSR count). The van der Waals surface area contributed by atoms with E-state index in [-0.39, 0.29) is 5.78 Å². The standard InChI is InChI=1S/C22H28N4O3/c1-15-7-9-17(10-8-15)26-14-18-19(27)16(13-24(5)6)11-12-25(20(18)23-26)21(28)29-22(2,3)4/h7-10,13-14H,11-12H2,1-6H3/b16-13+. The SMILES string of the molecule is Cc1ccc(-n2cc3c(n2)N(C(=O)OC(C)(C)C)CC/C(=C\N(C)C)C3=O)cc1. The van der Waals surface area contributed by atoms with Gasteiger partial charge in [-0.3, -0.25) is 9.69 Å². The third-order valence-corrected chi connectivity index (χ3v) is 4.42. The van der Waals surface area contributed by atoms with Gasteiger partial charge >= 0.3 is 6.09 Å². The highest BCUT2D eigenvalue weighted by atomic mass is 16.6. The Kier molecular flexibility index (Phi) is 5.50. The first-order valence-corrected chi connectivity index (χ1v) is 9.64. The van der Waals surface area contributed by atoms with Crippen LogP contribution >= 0.6 is 0 Å². The van der Waals surface area contributed by atoms with E-state index in [0.29, 0.717) is 29.9 Å². The summed E-state index contributed by atoms with van der Waals surface area (Å²) in [5.74, 6) is 0.199. The Morgan fingerprint density at radius 3 is 2.45 bits per heavy atom. The van der Waals surface area contributed by atoms with Crippen LogP contribution < -0.4 is 4.90 Å². The predicted molar refractivity (Wildman–Crippen MR) is 113 cm³/mol. The van der Waals surface area contributed by atoms with E-state index in [1.807, 2.05) is 71.0 Å². The summed E-state index contributed by atoms with van der Waals surface area (Å²) in [5, 5.41) is 4.59. The zero-order valence-electron chi connectivity index (χ0n) is 17.9. The van der Waals surface area contributed by atoms with Crippen molar-refractivity contribution in [2.75, 3.05) is 25.5 Å². The van der Waals surface area contributed by atoms with Gasteiger partial charge in [-0.25, -0.2) is 9.48 Å². The first-order chi connectivity index (χ1) is 13.5. The van der Waals surface area contributed by atoms with Gasteiger partial charge in [0.25, 0.3) is 0 Å². The summed E-state index contributed by atoms with van der Waals surface area (Å²) in [5.41, 5.74) is 2.33. The lowest BCUT2D eigenvalue weighted by atomic mass is 10.1. The molecule has 1 aliphatic heterocycles. The molecule has 0 fully saturated rings. The van der Waals surface area contributed by atoms with Gasteiger partial charge in [-0.15, -0.1) is 5.10 Å². The summed E-state index contributed by atoms with van der Waals surface area (Å²) < 4.78 is 7.21. The number of carbonyl (C=O) groups excluding carboxylic acids is 2. The first-order valence-electron chi connectivity index (χ1n) is 9.64. The highest BCUT2D eigenvalue weighted by Gasteiger charge is 2.34. The lowest BCUT2D eigenvalue weighted by Crippen LogP contribution is -2.37. The summed E-state index contributed by atoms with van der Waals surface area (Å²) in [6, 6.07) is 7.82. The maximum Gasteiger partial charge on any atom is 0.416 e. The van der Waals surface area contributed by atoms with Gasteiger partial charge in [0.15, 0.2) is 11.6 Å². The summed E-state index contributed by atoms with van der Waals surface area (Å²) in [6.07, 6.45) is 3.41. The number of ether oxygens (including phenoxy) is 1. The van der Waals surface area contributed by atoms with Crippen LogP contribution in [-0.2, 0) is 4.74 Å². The van der Waals surface area contributed by atoms with Crippen LogP contribution in [0.1, 0.15) is 43.1 Å². The molecule has 0 saturated heterocycles. The molecule has 7 nitrogen and oxygen atoms in total. The molecule has 1 aliphatic rings. The summed E-state index contributed by atoms with van der Waals surface area (Å²) in [6.45, 7) is 7.78. The molecule has 154 valence electrons. The molecule has 1 amide bonds. The minimum Gasteiger partial charge on any atom is -0.443 e. The topological polar surface area (TPSA) is 67.7 Å². The van der Waals surface area contributed by atoms with Crippen molar-refractivity contribution in [3.05, 3.63) is 53.4 Å². The van der Waals surface area contributed by atoms with Gasteiger partial charge in [0.1, 0.15) is 5.60 Å². The molecule has 29 heavy (non-hydrogen) atoms. The van der Waals surface area contributed by atoms with Crippen LogP contribution in [0.25, 0.3) is 5.69 Å². The Morgan fingerprint density at radius 1 is 1.21 bits per heavy atom. The zero-order valence-corrected chi connectivity index (χ0v) is 17.9. The lowest BCUT2D eigenvalue weighted by Gasteiger charge is -2.25. The Balaban J connectivity index is 2.09. The Hall–Kier alpha value is -3.09. The van der Waals surface area contributed by atoms with Crippen LogP contribution in [0.15, 0.2) is 42.2 Å². The fourth-order valence-corrected chi connectivity index (χ4v) is 3.11. The quantitative estimate of drug-likeness (QED) is 0.719. The second-order valence-electron chi connectivity index (χ2n) is 8.48. The van der Waals surface area contributed by atoms with Crippen molar-refractivity contribution in [2.45, 2.75) is 39.7 Å². The highest BCUT2D eigenvalue weighted by Crippen LogP contribution is 2.30. The van der Waals surface area contributed by atoms with Crippen molar-refractivity contribution in [2.24, 2.45) is 0 Å². The van der Waals surface area contributed by atoms with Crippen molar-refractivity contribution >= 4 is 17.7 Å². The number of carbonyl (C=O) groups is 2. The van der Waals surface area contributed by atoms with Gasteiger partial charge in [-0.05, 0) is 46.2 Å². The van der Waals surface area contributed by atoms with E-state index in [1.165, 1.54) is 4.90 Å². The normalized spacial score (nSPS) is 15.9. The molecule has 0 atom stereocenters. The van der Waals surface area contributed by atoms with E-state index in [4.69, 9.17) is 4.74 Å². The fraction of sp³-hybridized carbons (Fsp3) is 0.409. The van der Waals surface area contributed by atoms with Gasteiger partial charge in [-0.2, -0.15) is 0 Å². The second-order valence-corrected chi connectivity index (χ2v) is 8.48. The van der Waals surface area contributed by atoms with Gasteiger partial charge in [0, 0.05) is 38.6 Å². The van der Waals surface area contributed by atoms with Crippen LogP contribution in [0.3, 0.4) is 0 Å². The molecular formula is C22H28N4O3. The number of anilines is 1. The number of aromatic nitrogens is 2. The predicted octanol–water partition coefficient (Wildman–Crippen LogP) is 3.95. The molecule has 0 saturated carbocycles. The molecule has 1 aromatic heterocycles. The molecule has 0 radical (unpaired) electrons. The molecule has 0 spiro atoms. The number of Topliss-reactive ketones (excluding diaryl/α,β-unsaturated/α-hetero) is 1. The van der Waals surface area contributed by atoms with Crippen molar-refractivity contribution in [1.29, 1.82) is 0 Å². The smallest absolute Gasteiger partial charge is 0.416 e. The number of ketones is 1. The average molecular weight is 396 g/mol. The van der Waals surface area contributed by atoms with Gasteiger partial charge in [0.2, 0.25) is 0 Å². The molecule has 0 N–H and O–H groups in total. The third kappa shape index (κ3) is 4.67. The summed E-state index contributed by atoms with van der Waals surface area (Å²) in [7, 11) is 3.74. The Labute approximate surface area is 171 Å². The van der Waals surface area contributed by atoms with Crippen LogP contribution in [0.5, 0.6) is 0 Å².